The first-order valence-electron chi connectivity index (χ1n) is 12.1. The summed E-state index contributed by atoms with van der Waals surface area (Å²) in [5.41, 5.74) is -0.564. The largest absolute Gasteiger partial charge is 0.483 e. The molecule has 0 saturated carbocycles. The van der Waals surface area contributed by atoms with Crippen LogP contribution >= 0.6 is 0 Å². The highest BCUT2D eigenvalue weighted by molar-refractivity contribution is 5.85. The van der Waals surface area contributed by atoms with E-state index in [4.69, 9.17) is 9.47 Å². The van der Waals surface area contributed by atoms with Crippen LogP contribution in [0.1, 0.15) is 11.1 Å². The Morgan fingerprint density at radius 3 is 2.56 bits per heavy atom. The summed E-state index contributed by atoms with van der Waals surface area (Å²) in [5.74, 6) is 0.110. The van der Waals surface area contributed by atoms with E-state index < -0.39 is 17.3 Å². The lowest BCUT2D eigenvalue weighted by Crippen LogP contribution is -2.43. The Hall–Kier alpha value is -4.51. The maximum atomic E-state index is 13.4. The fraction of sp³-hybridized carbons (Fsp3) is 0.214. The summed E-state index contributed by atoms with van der Waals surface area (Å²) in [5, 5.41) is 4.57. The van der Waals surface area contributed by atoms with Crippen LogP contribution < -0.4 is 10.3 Å². The van der Waals surface area contributed by atoms with Crippen molar-refractivity contribution in [3.63, 3.8) is 0 Å². The number of rotatable bonds is 6. The van der Waals surface area contributed by atoms with Crippen LogP contribution in [-0.2, 0) is 15.7 Å². The molecule has 0 unspecified atom stereocenters. The SMILES string of the molecule is O=C(COc1ccccc1C=Nn1c(-c2cccc(C(F)(F)F)c2)nc2ccccc2c1=O)N1CCOCC1. The number of aromatic nitrogens is 2. The van der Waals surface area contributed by atoms with E-state index in [1.54, 1.807) is 53.4 Å². The number of fused-ring (bicyclic) bond motifs is 1. The van der Waals surface area contributed by atoms with Gasteiger partial charge in [-0.25, -0.2) is 4.98 Å². The number of carbonyl (C=O) groups excluding carboxylic acids is 1. The van der Waals surface area contributed by atoms with E-state index in [0.717, 1.165) is 16.8 Å². The van der Waals surface area contributed by atoms with Gasteiger partial charge in [-0.15, -0.1) is 0 Å². The molecule has 5 rings (SSSR count). The normalized spacial score (nSPS) is 14.2. The van der Waals surface area contributed by atoms with Gasteiger partial charge in [-0.05, 0) is 36.4 Å². The minimum atomic E-state index is -4.57. The summed E-state index contributed by atoms with van der Waals surface area (Å²) in [6.07, 6.45) is -3.22. The van der Waals surface area contributed by atoms with Crippen LogP contribution in [0.15, 0.2) is 82.7 Å². The van der Waals surface area contributed by atoms with Gasteiger partial charge >= 0.3 is 6.18 Å². The number of para-hydroxylation sites is 2. The van der Waals surface area contributed by atoms with Gasteiger partial charge in [-0.1, -0.05) is 36.4 Å². The molecule has 39 heavy (non-hydrogen) atoms. The molecule has 11 heteroatoms. The van der Waals surface area contributed by atoms with Crippen LogP contribution in [0.25, 0.3) is 22.3 Å². The lowest BCUT2D eigenvalue weighted by molar-refractivity contribution is -0.138. The van der Waals surface area contributed by atoms with Gasteiger partial charge in [0.15, 0.2) is 12.4 Å². The number of alkyl halides is 3. The molecule has 1 aromatic heterocycles. The number of carbonyl (C=O) groups is 1. The maximum absolute atomic E-state index is 13.4. The molecule has 8 nitrogen and oxygen atoms in total. The van der Waals surface area contributed by atoms with Crippen molar-refractivity contribution < 1.29 is 27.4 Å². The highest BCUT2D eigenvalue weighted by Crippen LogP contribution is 2.32. The molecule has 0 radical (unpaired) electrons. The number of halogens is 3. The summed E-state index contributed by atoms with van der Waals surface area (Å²) in [4.78, 5) is 32.0. The summed E-state index contributed by atoms with van der Waals surface area (Å²) in [7, 11) is 0. The Labute approximate surface area is 220 Å². The fourth-order valence-corrected chi connectivity index (χ4v) is 4.13. The van der Waals surface area contributed by atoms with Crippen LogP contribution in [0.2, 0.25) is 0 Å². The number of amides is 1. The topological polar surface area (TPSA) is 86.0 Å². The van der Waals surface area contributed by atoms with Crippen molar-refractivity contribution in [3.8, 4) is 17.1 Å². The standard InChI is InChI=1S/C28H23F3N4O4/c29-28(30,31)21-8-5-7-19(16-21)26-33-23-10-3-2-9-22(23)27(37)35(26)32-17-20-6-1-4-11-24(20)39-18-25(36)34-12-14-38-15-13-34/h1-11,16-17H,12-15,18H2. The predicted molar refractivity (Wildman–Crippen MR) is 139 cm³/mol. The Kier molecular flexibility index (Phi) is 7.42. The molecule has 1 fully saturated rings. The third-order valence-electron chi connectivity index (χ3n) is 6.15. The van der Waals surface area contributed by atoms with Gasteiger partial charge in [0.05, 0.1) is 35.9 Å². The van der Waals surface area contributed by atoms with Crippen LogP contribution in [0, 0.1) is 0 Å². The second-order valence-electron chi connectivity index (χ2n) is 8.71. The molecule has 1 amide bonds. The molecule has 3 aromatic carbocycles. The molecule has 1 aliphatic rings. The molecular formula is C28H23F3N4O4. The van der Waals surface area contributed by atoms with E-state index in [2.05, 4.69) is 10.1 Å². The lowest BCUT2D eigenvalue weighted by Gasteiger charge is -2.26. The summed E-state index contributed by atoms with van der Waals surface area (Å²) in [6.45, 7) is 1.72. The van der Waals surface area contributed by atoms with Crippen LogP contribution in [0.5, 0.6) is 5.75 Å². The van der Waals surface area contributed by atoms with Crippen molar-refractivity contribution in [2.75, 3.05) is 32.9 Å². The van der Waals surface area contributed by atoms with Crippen LogP contribution in [0.3, 0.4) is 0 Å². The Bertz CT molecular complexity index is 1590. The minimum absolute atomic E-state index is 0.0538. The van der Waals surface area contributed by atoms with Gasteiger partial charge in [0.1, 0.15) is 5.75 Å². The number of nitrogens with zero attached hydrogens (tertiary/aromatic N) is 4. The maximum Gasteiger partial charge on any atom is 0.416 e. The van der Waals surface area contributed by atoms with Gasteiger partial charge in [-0.2, -0.15) is 22.9 Å². The average molecular weight is 537 g/mol. The van der Waals surface area contributed by atoms with Crippen molar-refractivity contribution in [3.05, 3.63) is 94.3 Å². The van der Waals surface area contributed by atoms with E-state index in [1.165, 1.54) is 18.3 Å². The van der Waals surface area contributed by atoms with Crippen LogP contribution in [-0.4, -0.2) is 59.6 Å². The fourth-order valence-electron chi connectivity index (χ4n) is 4.13. The first kappa shape index (κ1) is 26.1. The third kappa shape index (κ3) is 5.83. The first-order chi connectivity index (χ1) is 18.8. The van der Waals surface area contributed by atoms with Crippen LogP contribution in [0.4, 0.5) is 13.2 Å². The highest BCUT2D eigenvalue weighted by Gasteiger charge is 2.31. The summed E-state index contributed by atoms with van der Waals surface area (Å²) >= 11 is 0. The Morgan fingerprint density at radius 2 is 1.77 bits per heavy atom. The van der Waals surface area contributed by atoms with E-state index in [-0.39, 0.29) is 29.3 Å². The zero-order valence-corrected chi connectivity index (χ0v) is 20.6. The zero-order chi connectivity index (χ0) is 27.4. The smallest absolute Gasteiger partial charge is 0.416 e. The molecule has 0 bridgehead atoms. The van der Waals surface area contributed by atoms with Crippen molar-refractivity contribution >= 4 is 23.0 Å². The summed E-state index contributed by atoms with van der Waals surface area (Å²) < 4.78 is 52.2. The number of benzene rings is 3. The van der Waals surface area contributed by atoms with E-state index >= 15 is 0 Å². The third-order valence-corrected chi connectivity index (χ3v) is 6.15. The van der Waals surface area contributed by atoms with Gasteiger partial charge in [0.25, 0.3) is 11.5 Å². The number of morpholine rings is 1. The molecule has 4 aromatic rings. The number of hydrogen-bond acceptors (Lipinski definition) is 6. The molecular weight excluding hydrogens is 513 g/mol. The molecule has 0 spiro atoms. The van der Waals surface area contributed by atoms with Crippen molar-refractivity contribution in [2.45, 2.75) is 6.18 Å². The van der Waals surface area contributed by atoms with Crippen molar-refractivity contribution in [1.82, 2.24) is 14.6 Å². The molecule has 200 valence electrons. The van der Waals surface area contributed by atoms with Gasteiger partial charge < -0.3 is 14.4 Å². The zero-order valence-electron chi connectivity index (χ0n) is 20.6. The van der Waals surface area contributed by atoms with Gasteiger partial charge in [0, 0.05) is 24.2 Å². The molecule has 1 aliphatic heterocycles. The van der Waals surface area contributed by atoms with E-state index in [9.17, 15) is 22.8 Å². The average Bonchev–Trinajstić information content (AvgIpc) is 2.96. The number of ether oxygens (including phenoxy) is 2. The van der Waals surface area contributed by atoms with Crippen molar-refractivity contribution in [1.29, 1.82) is 0 Å². The monoisotopic (exact) mass is 536 g/mol. The van der Waals surface area contributed by atoms with E-state index in [0.29, 0.717) is 43.1 Å². The van der Waals surface area contributed by atoms with Gasteiger partial charge in [-0.3, -0.25) is 9.59 Å². The molecule has 0 aliphatic carbocycles. The van der Waals surface area contributed by atoms with Crippen molar-refractivity contribution in [2.24, 2.45) is 5.10 Å². The molecule has 1 saturated heterocycles. The van der Waals surface area contributed by atoms with E-state index in [1.807, 2.05) is 0 Å². The second-order valence-corrected chi connectivity index (χ2v) is 8.71. The molecule has 2 heterocycles. The Morgan fingerprint density at radius 1 is 1.03 bits per heavy atom. The molecule has 0 N–H and O–H groups in total. The highest BCUT2D eigenvalue weighted by atomic mass is 19.4. The molecule has 0 atom stereocenters. The number of hydrogen-bond donors (Lipinski definition) is 0. The lowest BCUT2D eigenvalue weighted by atomic mass is 10.1. The summed E-state index contributed by atoms with van der Waals surface area (Å²) in [6, 6.07) is 17.9. The second kappa shape index (κ2) is 11.1. The minimum Gasteiger partial charge on any atom is -0.483 e. The predicted octanol–water partition coefficient (Wildman–Crippen LogP) is 4.20. The quantitative estimate of drug-likeness (QED) is 0.345. The Balaban J connectivity index is 1.51. The van der Waals surface area contributed by atoms with Gasteiger partial charge in [0.2, 0.25) is 0 Å². The first-order valence-corrected chi connectivity index (χ1v) is 12.1.